The van der Waals surface area contributed by atoms with Crippen LogP contribution in [0.15, 0.2) is 12.1 Å². The van der Waals surface area contributed by atoms with E-state index in [4.69, 9.17) is 14.2 Å². The lowest BCUT2D eigenvalue weighted by Crippen LogP contribution is -2.38. The first-order chi connectivity index (χ1) is 13.2. The van der Waals surface area contributed by atoms with Gasteiger partial charge in [0.05, 0.1) is 44.5 Å². The number of benzene rings is 1. The van der Waals surface area contributed by atoms with Crippen molar-refractivity contribution in [2.45, 2.75) is 51.8 Å². The van der Waals surface area contributed by atoms with Gasteiger partial charge in [0.15, 0.2) is 0 Å². The van der Waals surface area contributed by atoms with Crippen LogP contribution < -0.4 is 9.64 Å². The molecule has 0 saturated carbocycles. The van der Waals surface area contributed by atoms with E-state index < -0.39 is 23.8 Å². The van der Waals surface area contributed by atoms with E-state index in [1.807, 2.05) is 6.07 Å². The summed E-state index contributed by atoms with van der Waals surface area (Å²) in [7, 11) is 1.53. The van der Waals surface area contributed by atoms with Crippen molar-refractivity contribution < 1.29 is 23.8 Å². The molecule has 1 atom stereocenters. The van der Waals surface area contributed by atoms with Crippen molar-refractivity contribution in [3.05, 3.63) is 23.3 Å². The number of fused-ring (bicyclic) bond motifs is 1. The summed E-state index contributed by atoms with van der Waals surface area (Å²) in [5.74, 6) is 0.506. The maximum absolute atomic E-state index is 12.7. The van der Waals surface area contributed by atoms with E-state index in [0.29, 0.717) is 31.1 Å². The summed E-state index contributed by atoms with van der Waals surface area (Å²) in [4.78, 5) is 28.0. The summed E-state index contributed by atoms with van der Waals surface area (Å²) >= 11 is 0. The van der Waals surface area contributed by atoms with Crippen molar-refractivity contribution in [1.82, 2.24) is 4.90 Å². The molecule has 1 unspecified atom stereocenters. The van der Waals surface area contributed by atoms with Crippen molar-refractivity contribution >= 4 is 17.9 Å². The standard InChI is InChI=1S/C20H25N3O5/c1-20(2,3)28-19(25)23-12-13-10-16(22-8-5-9-27-18(22)24)17(26-4)11-14(13)15(23)6-7-21/h10-11,15H,5-6,8-9,12H2,1-4H3. The third-order valence-corrected chi connectivity index (χ3v) is 4.69. The fourth-order valence-electron chi connectivity index (χ4n) is 3.50. The summed E-state index contributed by atoms with van der Waals surface area (Å²) in [5.41, 5.74) is 1.66. The molecule has 1 fully saturated rings. The van der Waals surface area contributed by atoms with Gasteiger partial charge in [0.1, 0.15) is 11.4 Å². The molecule has 2 aliphatic rings. The first kappa shape index (κ1) is 19.8. The number of ether oxygens (including phenoxy) is 3. The molecule has 0 aliphatic carbocycles. The van der Waals surface area contributed by atoms with E-state index in [1.165, 1.54) is 12.0 Å². The molecule has 8 nitrogen and oxygen atoms in total. The van der Waals surface area contributed by atoms with Crippen LogP contribution in [0, 0.1) is 11.3 Å². The average Bonchev–Trinajstić information content (AvgIpc) is 2.98. The highest BCUT2D eigenvalue weighted by molar-refractivity contribution is 5.90. The topological polar surface area (TPSA) is 92.1 Å². The first-order valence-corrected chi connectivity index (χ1v) is 9.27. The summed E-state index contributed by atoms with van der Waals surface area (Å²) in [6, 6.07) is 5.37. The van der Waals surface area contributed by atoms with Gasteiger partial charge in [-0.2, -0.15) is 5.26 Å². The van der Waals surface area contributed by atoms with Crippen LogP contribution in [0.4, 0.5) is 15.3 Å². The highest BCUT2D eigenvalue weighted by Crippen LogP contribution is 2.43. The monoisotopic (exact) mass is 387 g/mol. The Morgan fingerprint density at radius 1 is 1.39 bits per heavy atom. The minimum atomic E-state index is -0.635. The number of nitriles is 1. The fourth-order valence-corrected chi connectivity index (χ4v) is 3.50. The van der Waals surface area contributed by atoms with E-state index in [9.17, 15) is 14.9 Å². The molecule has 2 heterocycles. The molecule has 0 N–H and O–H groups in total. The minimum Gasteiger partial charge on any atom is -0.495 e. The molecule has 1 aromatic rings. The lowest BCUT2D eigenvalue weighted by atomic mass is 10.0. The van der Waals surface area contributed by atoms with Crippen molar-refractivity contribution in [3.63, 3.8) is 0 Å². The van der Waals surface area contributed by atoms with E-state index in [1.54, 1.807) is 31.7 Å². The number of hydrogen-bond acceptors (Lipinski definition) is 6. The molecule has 1 aromatic carbocycles. The number of nitrogens with zero attached hydrogens (tertiary/aromatic N) is 3. The SMILES string of the molecule is COc1cc2c(cc1N1CCCOC1=O)CN(C(=O)OC(C)(C)C)C2CC#N. The molecule has 0 aromatic heterocycles. The van der Waals surface area contributed by atoms with Crippen LogP contribution in [0.1, 0.15) is 50.8 Å². The van der Waals surface area contributed by atoms with Crippen molar-refractivity contribution in [1.29, 1.82) is 5.26 Å². The Bertz CT molecular complexity index is 824. The first-order valence-electron chi connectivity index (χ1n) is 9.27. The van der Waals surface area contributed by atoms with Gasteiger partial charge < -0.3 is 14.2 Å². The third kappa shape index (κ3) is 3.84. The van der Waals surface area contributed by atoms with Gasteiger partial charge in [0, 0.05) is 6.54 Å². The summed E-state index contributed by atoms with van der Waals surface area (Å²) in [6.07, 6.45) is -0.0185. The number of anilines is 1. The highest BCUT2D eigenvalue weighted by atomic mass is 16.6. The molecule has 0 bridgehead atoms. The number of carbonyl (C=O) groups excluding carboxylic acids is 2. The van der Waals surface area contributed by atoms with Crippen molar-refractivity contribution in [2.75, 3.05) is 25.2 Å². The van der Waals surface area contributed by atoms with Gasteiger partial charge in [0.2, 0.25) is 0 Å². The molecular formula is C20H25N3O5. The Kier molecular flexibility index (Phi) is 5.36. The number of cyclic esters (lactones) is 1. The maximum atomic E-state index is 12.7. The average molecular weight is 387 g/mol. The molecule has 2 aliphatic heterocycles. The number of methoxy groups -OCH3 is 1. The molecule has 3 rings (SSSR count). The van der Waals surface area contributed by atoms with Gasteiger partial charge in [0.25, 0.3) is 0 Å². The van der Waals surface area contributed by atoms with Gasteiger partial charge in [-0.3, -0.25) is 9.80 Å². The lowest BCUT2D eigenvalue weighted by molar-refractivity contribution is 0.0175. The van der Waals surface area contributed by atoms with Crippen LogP contribution in [-0.4, -0.2) is 42.9 Å². The summed E-state index contributed by atoms with van der Waals surface area (Å²) in [6.45, 7) is 6.64. The second-order valence-electron chi connectivity index (χ2n) is 7.83. The normalized spacial score (nSPS) is 19.0. The molecule has 8 heteroatoms. The zero-order valence-corrected chi connectivity index (χ0v) is 16.7. The second kappa shape index (κ2) is 7.58. The van der Waals surface area contributed by atoms with Gasteiger partial charge in [-0.1, -0.05) is 0 Å². The minimum absolute atomic E-state index is 0.139. The zero-order chi connectivity index (χ0) is 20.5. The Balaban J connectivity index is 1.98. The van der Waals surface area contributed by atoms with Gasteiger partial charge in [-0.15, -0.1) is 0 Å². The van der Waals surface area contributed by atoms with E-state index >= 15 is 0 Å². The third-order valence-electron chi connectivity index (χ3n) is 4.69. The highest BCUT2D eigenvalue weighted by Gasteiger charge is 2.38. The van der Waals surface area contributed by atoms with Crippen LogP contribution in [0.2, 0.25) is 0 Å². The Hall–Kier alpha value is -2.95. The second-order valence-corrected chi connectivity index (χ2v) is 7.83. The predicted molar refractivity (Wildman–Crippen MR) is 101 cm³/mol. The Morgan fingerprint density at radius 2 is 2.14 bits per heavy atom. The number of rotatable bonds is 3. The van der Waals surface area contributed by atoms with E-state index in [0.717, 1.165) is 17.5 Å². The van der Waals surface area contributed by atoms with E-state index in [-0.39, 0.29) is 6.42 Å². The molecule has 1 saturated heterocycles. The van der Waals surface area contributed by atoms with Crippen molar-refractivity contribution in [3.8, 4) is 11.8 Å². The Morgan fingerprint density at radius 3 is 2.75 bits per heavy atom. The zero-order valence-electron chi connectivity index (χ0n) is 16.7. The molecule has 0 spiro atoms. The van der Waals surface area contributed by atoms with Crippen LogP contribution in [0.25, 0.3) is 0 Å². The molecule has 0 radical (unpaired) electrons. The van der Waals surface area contributed by atoms with Gasteiger partial charge >= 0.3 is 12.2 Å². The summed E-state index contributed by atoms with van der Waals surface area (Å²) < 4.78 is 16.2. The molecular weight excluding hydrogens is 362 g/mol. The smallest absolute Gasteiger partial charge is 0.414 e. The van der Waals surface area contributed by atoms with Crippen molar-refractivity contribution in [2.24, 2.45) is 0 Å². The number of carbonyl (C=O) groups is 2. The molecule has 2 amide bonds. The summed E-state index contributed by atoms with van der Waals surface area (Å²) in [5, 5.41) is 9.27. The van der Waals surface area contributed by atoms with Crippen LogP contribution in [0.3, 0.4) is 0 Å². The number of amides is 2. The van der Waals surface area contributed by atoms with Gasteiger partial charge in [-0.25, -0.2) is 9.59 Å². The van der Waals surface area contributed by atoms with E-state index in [2.05, 4.69) is 6.07 Å². The lowest BCUT2D eigenvalue weighted by Gasteiger charge is -2.28. The largest absolute Gasteiger partial charge is 0.495 e. The Labute approximate surface area is 164 Å². The molecule has 150 valence electrons. The number of hydrogen-bond donors (Lipinski definition) is 0. The maximum Gasteiger partial charge on any atom is 0.414 e. The quantitative estimate of drug-likeness (QED) is 0.784. The molecule has 28 heavy (non-hydrogen) atoms. The fraction of sp³-hybridized carbons (Fsp3) is 0.550. The van der Waals surface area contributed by atoms with Crippen LogP contribution >= 0.6 is 0 Å². The van der Waals surface area contributed by atoms with Gasteiger partial charge in [-0.05, 0) is 50.5 Å². The van der Waals surface area contributed by atoms with Crippen LogP contribution in [-0.2, 0) is 16.0 Å². The van der Waals surface area contributed by atoms with Crippen LogP contribution in [0.5, 0.6) is 5.75 Å². The predicted octanol–water partition coefficient (Wildman–Crippen LogP) is 3.75.